The summed E-state index contributed by atoms with van der Waals surface area (Å²) in [5.41, 5.74) is 11.6. The van der Waals surface area contributed by atoms with Crippen LogP contribution >= 0.6 is 0 Å². The third-order valence-corrected chi connectivity index (χ3v) is 4.90. The molecule has 2 atom stereocenters. The number of hydrogen-bond acceptors (Lipinski definition) is 2. The Balaban J connectivity index is 2.09. The van der Waals surface area contributed by atoms with E-state index in [1.54, 1.807) is 0 Å². The SMILES string of the molecule is Cc1cc(C)c(C2C(N)CCCC(=O)N2C2CC2)c(C)c1. The van der Waals surface area contributed by atoms with Crippen molar-refractivity contribution in [1.29, 1.82) is 0 Å². The predicted octanol–water partition coefficient (Wildman–Crippen LogP) is 3.16. The summed E-state index contributed by atoms with van der Waals surface area (Å²) in [5, 5.41) is 0. The van der Waals surface area contributed by atoms with Crippen LogP contribution in [0.5, 0.6) is 0 Å². The van der Waals surface area contributed by atoms with Crippen molar-refractivity contribution in [2.75, 3.05) is 0 Å². The summed E-state index contributed by atoms with van der Waals surface area (Å²) in [6.07, 6.45) is 4.79. The van der Waals surface area contributed by atoms with E-state index in [1.165, 1.54) is 22.3 Å². The zero-order valence-corrected chi connectivity index (χ0v) is 13.4. The van der Waals surface area contributed by atoms with E-state index in [9.17, 15) is 4.79 Å². The van der Waals surface area contributed by atoms with Crippen LogP contribution in [0.3, 0.4) is 0 Å². The molecule has 0 spiro atoms. The first-order valence-electron chi connectivity index (χ1n) is 8.13. The van der Waals surface area contributed by atoms with Gasteiger partial charge in [-0.25, -0.2) is 0 Å². The molecule has 3 nitrogen and oxygen atoms in total. The van der Waals surface area contributed by atoms with Gasteiger partial charge in [-0.15, -0.1) is 0 Å². The standard InChI is InChI=1S/C18H26N2O/c1-11-9-12(2)17(13(3)10-11)18-15(19)5-4-6-16(21)20(18)14-7-8-14/h9-10,14-15,18H,4-8,19H2,1-3H3. The molecule has 1 saturated heterocycles. The Bertz CT molecular complexity index is 539. The van der Waals surface area contributed by atoms with Crippen LogP contribution in [0.2, 0.25) is 0 Å². The highest BCUT2D eigenvalue weighted by molar-refractivity contribution is 5.78. The number of benzene rings is 1. The predicted molar refractivity (Wildman–Crippen MR) is 85.1 cm³/mol. The molecule has 3 heteroatoms. The number of likely N-dealkylation sites (tertiary alicyclic amines) is 1. The maximum Gasteiger partial charge on any atom is 0.223 e. The molecule has 0 radical (unpaired) electrons. The number of amides is 1. The average Bonchev–Trinajstić information content (AvgIpc) is 3.20. The van der Waals surface area contributed by atoms with Gasteiger partial charge >= 0.3 is 0 Å². The highest BCUT2D eigenvalue weighted by Gasteiger charge is 2.42. The summed E-state index contributed by atoms with van der Waals surface area (Å²) >= 11 is 0. The molecule has 21 heavy (non-hydrogen) atoms. The normalized spacial score (nSPS) is 26.9. The van der Waals surface area contributed by atoms with E-state index < -0.39 is 0 Å². The van der Waals surface area contributed by atoms with Gasteiger partial charge in [-0.3, -0.25) is 4.79 Å². The van der Waals surface area contributed by atoms with Gasteiger partial charge in [-0.2, -0.15) is 0 Å². The van der Waals surface area contributed by atoms with Crippen LogP contribution in [-0.2, 0) is 4.79 Å². The number of aryl methyl sites for hydroxylation is 3. The molecule has 0 aromatic heterocycles. The fraction of sp³-hybridized carbons (Fsp3) is 0.611. The quantitative estimate of drug-likeness (QED) is 0.907. The molecule has 2 fully saturated rings. The number of nitrogens with zero attached hydrogens (tertiary/aromatic N) is 1. The van der Waals surface area contributed by atoms with Crippen molar-refractivity contribution in [1.82, 2.24) is 4.90 Å². The summed E-state index contributed by atoms with van der Waals surface area (Å²) in [6.45, 7) is 6.44. The molecule has 1 aliphatic carbocycles. The highest BCUT2D eigenvalue weighted by Crippen LogP contribution is 2.41. The lowest BCUT2D eigenvalue weighted by atomic mass is 9.88. The number of carbonyl (C=O) groups is 1. The molecule has 1 aromatic carbocycles. The van der Waals surface area contributed by atoms with E-state index in [4.69, 9.17) is 5.73 Å². The highest BCUT2D eigenvalue weighted by atomic mass is 16.2. The molecule has 114 valence electrons. The van der Waals surface area contributed by atoms with Gasteiger partial charge in [0.05, 0.1) is 6.04 Å². The van der Waals surface area contributed by atoms with Gasteiger partial charge < -0.3 is 10.6 Å². The van der Waals surface area contributed by atoms with Crippen molar-refractivity contribution in [3.05, 3.63) is 34.4 Å². The number of carbonyl (C=O) groups excluding carboxylic acids is 1. The second-order valence-electron chi connectivity index (χ2n) is 6.85. The molecule has 2 N–H and O–H groups in total. The summed E-state index contributed by atoms with van der Waals surface area (Å²) in [7, 11) is 0. The fourth-order valence-electron chi connectivity index (χ4n) is 3.93. The van der Waals surface area contributed by atoms with Gasteiger partial charge in [-0.1, -0.05) is 17.7 Å². The van der Waals surface area contributed by atoms with Crippen LogP contribution in [-0.4, -0.2) is 22.9 Å². The second-order valence-corrected chi connectivity index (χ2v) is 6.85. The topological polar surface area (TPSA) is 46.3 Å². The van der Waals surface area contributed by atoms with Crippen LogP contribution in [0.15, 0.2) is 12.1 Å². The molecule has 2 aliphatic rings. The number of rotatable bonds is 2. The monoisotopic (exact) mass is 286 g/mol. The first-order valence-corrected chi connectivity index (χ1v) is 8.13. The molecule has 1 saturated carbocycles. The first-order chi connectivity index (χ1) is 9.99. The lowest BCUT2D eigenvalue weighted by Crippen LogP contribution is -2.44. The van der Waals surface area contributed by atoms with E-state index >= 15 is 0 Å². The van der Waals surface area contributed by atoms with E-state index in [1.807, 2.05) is 0 Å². The minimum absolute atomic E-state index is 0.0529. The van der Waals surface area contributed by atoms with Gasteiger partial charge in [0.25, 0.3) is 0 Å². The minimum Gasteiger partial charge on any atom is -0.331 e. The van der Waals surface area contributed by atoms with Gasteiger partial charge in [0, 0.05) is 18.5 Å². The number of hydrogen-bond donors (Lipinski definition) is 1. The zero-order valence-electron chi connectivity index (χ0n) is 13.4. The largest absolute Gasteiger partial charge is 0.331 e. The third-order valence-electron chi connectivity index (χ3n) is 4.90. The Morgan fingerprint density at radius 3 is 2.29 bits per heavy atom. The summed E-state index contributed by atoms with van der Waals surface area (Å²) in [5.74, 6) is 0.301. The van der Waals surface area contributed by atoms with Crippen LogP contribution in [0.25, 0.3) is 0 Å². The van der Waals surface area contributed by atoms with Crippen molar-refractivity contribution in [3.8, 4) is 0 Å². The average molecular weight is 286 g/mol. The molecule has 1 heterocycles. The van der Waals surface area contributed by atoms with Crippen LogP contribution in [0, 0.1) is 20.8 Å². The van der Waals surface area contributed by atoms with Gasteiger partial charge in [0.1, 0.15) is 0 Å². The van der Waals surface area contributed by atoms with Crippen LogP contribution in [0.1, 0.15) is 60.4 Å². The van der Waals surface area contributed by atoms with E-state index in [2.05, 4.69) is 37.8 Å². The summed E-state index contributed by atoms with van der Waals surface area (Å²) in [6, 6.07) is 4.97. The molecule has 2 unspecified atom stereocenters. The Kier molecular flexibility index (Phi) is 3.78. The van der Waals surface area contributed by atoms with Gasteiger partial charge in [0.15, 0.2) is 0 Å². The van der Waals surface area contributed by atoms with Crippen molar-refractivity contribution in [2.45, 2.75) is 71.0 Å². The van der Waals surface area contributed by atoms with Crippen molar-refractivity contribution >= 4 is 5.91 Å². The van der Waals surface area contributed by atoms with Crippen LogP contribution < -0.4 is 5.73 Å². The molecule has 1 aliphatic heterocycles. The van der Waals surface area contributed by atoms with E-state index in [0.717, 1.165) is 25.7 Å². The minimum atomic E-state index is 0.0529. The molecular weight excluding hydrogens is 260 g/mol. The zero-order chi connectivity index (χ0) is 15.1. The fourth-order valence-corrected chi connectivity index (χ4v) is 3.93. The van der Waals surface area contributed by atoms with Gasteiger partial charge in [-0.05, 0) is 63.1 Å². The van der Waals surface area contributed by atoms with Gasteiger partial charge in [0.2, 0.25) is 5.91 Å². The molecule has 0 bridgehead atoms. The third kappa shape index (κ3) is 2.71. The Morgan fingerprint density at radius 1 is 1.10 bits per heavy atom. The molecule has 1 aromatic rings. The molecular formula is C18H26N2O. The Labute approximate surface area is 127 Å². The number of nitrogens with two attached hydrogens (primary N) is 1. The van der Waals surface area contributed by atoms with Crippen molar-refractivity contribution < 1.29 is 4.79 Å². The lowest BCUT2D eigenvalue weighted by molar-refractivity contribution is -0.133. The van der Waals surface area contributed by atoms with E-state index in [0.29, 0.717) is 18.4 Å². The summed E-state index contributed by atoms with van der Waals surface area (Å²) < 4.78 is 0. The maximum atomic E-state index is 12.6. The first kappa shape index (κ1) is 14.6. The van der Waals surface area contributed by atoms with E-state index in [-0.39, 0.29) is 12.1 Å². The molecule has 1 amide bonds. The summed E-state index contributed by atoms with van der Waals surface area (Å²) in [4.78, 5) is 14.7. The molecule has 3 rings (SSSR count). The van der Waals surface area contributed by atoms with Crippen LogP contribution in [0.4, 0.5) is 0 Å². The smallest absolute Gasteiger partial charge is 0.223 e. The Morgan fingerprint density at radius 2 is 1.71 bits per heavy atom. The Hall–Kier alpha value is -1.35. The lowest BCUT2D eigenvalue weighted by Gasteiger charge is -2.36. The van der Waals surface area contributed by atoms with Crippen molar-refractivity contribution in [2.24, 2.45) is 5.73 Å². The second kappa shape index (κ2) is 5.45. The van der Waals surface area contributed by atoms with Crippen molar-refractivity contribution in [3.63, 3.8) is 0 Å². The maximum absolute atomic E-state index is 12.6.